The molecule has 3 heterocycles. The van der Waals surface area contributed by atoms with E-state index in [9.17, 15) is 0 Å². The van der Waals surface area contributed by atoms with E-state index in [0.29, 0.717) is 0 Å². The van der Waals surface area contributed by atoms with E-state index < -0.39 is 0 Å². The minimum atomic E-state index is 1.05. The van der Waals surface area contributed by atoms with Crippen LogP contribution in [-0.2, 0) is 13.0 Å². The van der Waals surface area contributed by atoms with Gasteiger partial charge in [0, 0.05) is 18.7 Å². The molecule has 82 valence electrons. The third-order valence-electron chi connectivity index (χ3n) is 3.45. The zero-order valence-electron chi connectivity index (χ0n) is 9.05. The first-order chi connectivity index (χ1) is 7.43. The number of aromatic amines is 1. The van der Waals surface area contributed by atoms with E-state index in [4.69, 9.17) is 0 Å². The molecule has 0 bridgehead atoms. The summed E-state index contributed by atoms with van der Waals surface area (Å²) in [6.07, 6.45) is 5.25. The van der Waals surface area contributed by atoms with Gasteiger partial charge in [-0.25, -0.2) is 0 Å². The second-order valence-electron chi connectivity index (χ2n) is 4.54. The number of fused-ring (bicyclic) bond motifs is 1. The summed E-state index contributed by atoms with van der Waals surface area (Å²) < 4.78 is 0. The van der Waals surface area contributed by atoms with Gasteiger partial charge in [-0.15, -0.1) is 0 Å². The van der Waals surface area contributed by atoms with Crippen LogP contribution in [0.4, 0.5) is 5.82 Å². The van der Waals surface area contributed by atoms with Crippen molar-refractivity contribution < 1.29 is 0 Å². The average Bonchev–Trinajstić information content (AvgIpc) is 2.85. The summed E-state index contributed by atoms with van der Waals surface area (Å²) in [5.74, 6) is 1.09. The maximum absolute atomic E-state index is 4.30. The summed E-state index contributed by atoms with van der Waals surface area (Å²) in [4.78, 5) is 2.54. The first-order valence-corrected chi connectivity index (χ1v) is 5.96. The molecular formula is C11H18N4. The second-order valence-corrected chi connectivity index (χ2v) is 4.54. The lowest BCUT2D eigenvalue weighted by Gasteiger charge is -2.25. The number of nitrogens with zero attached hydrogens (tertiary/aromatic N) is 2. The van der Waals surface area contributed by atoms with Gasteiger partial charge in [0.1, 0.15) is 0 Å². The fourth-order valence-corrected chi connectivity index (χ4v) is 2.59. The molecule has 1 saturated heterocycles. The lowest BCUT2D eigenvalue weighted by Crippen LogP contribution is -2.29. The van der Waals surface area contributed by atoms with Crippen LogP contribution in [0.25, 0.3) is 0 Å². The Hall–Kier alpha value is -1.03. The zero-order valence-corrected chi connectivity index (χ0v) is 9.05. The molecule has 0 aromatic carbocycles. The highest BCUT2D eigenvalue weighted by molar-refractivity contribution is 5.51. The Morgan fingerprint density at radius 3 is 2.93 bits per heavy atom. The summed E-state index contributed by atoms with van der Waals surface area (Å²) >= 11 is 0. The maximum atomic E-state index is 4.30. The highest BCUT2D eigenvalue weighted by Gasteiger charge is 2.20. The van der Waals surface area contributed by atoms with E-state index in [-0.39, 0.29) is 0 Å². The van der Waals surface area contributed by atoms with Crippen LogP contribution in [0.5, 0.6) is 0 Å². The fraction of sp³-hybridized carbons (Fsp3) is 0.727. The highest BCUT2D eigenvalue weighted by Crippen LogP contribution is 2.24. The summed E-state index contributed by atoms with van der Waals surface area (Å²) in [5.41, 5.74) is 2.75. The number of nitrogens with one attached hydrogen (secondary N) is 2. The van der Waals surface area contributed by atoms with Gasteiger partial charge in [-0.05, 0) is 32.4 Å². The van der Waals surface area contributed by atoms with Gasteiger partial charge in [0.2, 0.25) is 0 Å². The van der Waals surface area contributed by atoms with Crippen molar-refractivity contribution in [1.82, 2.24) is 15.1 Å². The lowest BCUT2D eigenvalue weighted by atomic mass is 10.1. The third-order valence-corrected chi connectivity index (χ3v) is 3.45. The quantitative estimate of drug-likeness (QED) is 0.768. The van der Waals surface area contributed by atoms with E-state index in [1.54, 1.807) is 0 Å². The molecule has 1 aromatic heterocycles. The molecule has 2 aliphatic rings. The molecule has 0 amide bonds. The molecule has 1 aromatic rings. The predicted molar refractivity (Wildman–Crippen MR) is 59.9 cm³/mol. The van der Waals surface area contributed by atoms with Gasteiger partial charge in [-0.1, -0.05) is 6.42 Å². The number of likely N-dealkylation sites (tertiary alicyclic amines) is 1. The standard InChI is InChI=1S/C11H18N4/c1-2-6-15(7-3-1)8-10-9-4-5-12-11(9)14-13-10/h1-8H2,(H2,12,13,14). The molecule has 4 nitrogen and oxygen atoms in total. The average molecular weight is 206 g/mol. The van der Waals surface area contributed by atoms with Gasteiger partial charge < -0.3 is 5.32 Å². The fourth-order valence-electron chi connectivity index (χ4n) is 2.59. The van der Waals surface area contributed by atoms with Crippen molar-refractivity contribution in [2.75, 3.05) is 25.0 Å². The highest BCUT2D eigenvalue weighted by atomic mass is 15.2. The van der Waals surface area contributed by atoms with Crippen LogP contribution in [0.1, 0.15) is 30.5 Å². The Kier molecular flexibility index (Phi) is 2.37. The van der Waals surface area contributed by atoms with Crippen LogP contribution in [0.2, 0.25) is 0 Å². The van der Waals surface area contributed by atoms with E-state index >= 15 is 0 Å². The molecule has 1 fully saturated rings. The maximum Gasteiger partial charge on any atom is 0.151 e. The Bertz CT molecular complexity index is 338. The van der Waals surface area contributed by atoms with Crippen molar-refractivity contribution in [3.05, 3.63) is 11.3 Å². The van der Waals surface area contributed by atoms with Crippen molar-refractivity contribution in [2.45, 2.75) is 32.2 Å². The van der Waals surface area contributed by atoms with Gasteiger partial charge in [-0.2, -0.15) is 5.10 Å². The summed E-state index contributed by atoms with van der Waals surface area (Å²) in [6, 6.07) is 0. The summed E-state index contributed by atoms with van der Waals surface area (Å²) in [5, 5.41) is 10.8. The SMILES string of the molecule is C1CCN(Cc2[nH]nc3c2CCN3)CC1. The summed E-state index contributed by atoms with van der Waals surface area (Å²) in [7, 11) is 0. The molecule has 3 rings (SSSR count). The molecule has 0 radical (unpaired) electrons. The molecule has 15 heavy (non-hydrogen) atoms. The van der Waals surface area contributed by atoms with Crippen LogP contribution in [0, 0.1) is 0 Å². The molecule has 0 spiro atoms. The van der Waals surface area contributed by atoms with Crippen molar-refractivity contribution in [3.63, 3.8) is 0 Å². The number of hydrogen-bond acceptors (Lipinski definition) is 3. The number of aromatic nitrogens is 2. The van der Waals surface area contributed by atoms with Crippen molar-refractivity contribution in [1.29, 1.82) is 0 Å². The van der Waals surface area contributed by atoms with Gasteiger partial charge in [0.25, 0.3) is 0 Å². The van der Waals surface area contributed by atoms with E-state index in [0.717, 1.165) is 25.3 Å². The van der Waals surface area contributed by atoms with Gasteiger partial charge in [0.05, 0.1) is 5.69 Å². The van der Waals surface area contributed by atoms with Crippen LogP contribution >= 0.6 is 0 Å². The number of H-pyrrole nitrogens is 1. The number of anilines is 1. The van der Waals surface area contributed by atoms with Crippen LogP contribution < -0.4 is 5.32 Å². The molecule has 0 saturated carbocycles. The zero-order chi connectivity index (χ0) is 10.1. The van der Waals surface area contributed by atoms with Crippen LogP contribution in [-0.4, -0.2) is 34.7 Å². The van der Waals surface area contributed by atoms with Crippen molar-refractivity contribution in [3.8, 4) is 0 Å². The van der Waals surface area contributed by atoms with Crippen LogP contribution in [0.15, 0.2) is 0 Å². The predicted octanol–water partition coefficient (Wildman–Crippen LogP) is 1.36. The first-order valence-electron chi connectivity index (χ1n) is 5.96. The topological polar surface area (TPSA) is 44.0 Å². The number of hydrogen-bond donors (Lipinski definition) is 2. The molecule has 2 N–H and O–H groups in total. The van der Waals surface area contributed by atoms with Crippen molar-refractivity contribution in [2.24, 2.45) is 0 Å². The summed E-state index contributed by atoms with van der Waals surface area (Å²) in [6.45, 7) is 4.62. The Balaban J connectivity index is 1.70. The first kappa shape index (κ1) is 9.21. The smallest absolute Gasteiger partial charge is 0.151 e. The normalized spacial score (nSPS) is 21.3. The van der Waals surface area contributed by atoms with E-state index in [1.165, 1.54) is 43.6 Å². The van der Waals surface area contributed by atoms with E-state index in [2.05, 4.69) is 20.4 Å². The Morgan fingerprint density at radius 2 is 2.07 bits per heavy atom. The van der Waals surface area contributed by atoms with E-state index in [1.807, 2.05) is 0 Å². The van der Waals surface area contributed by atoms with Crippen LogP contribution in [0.3, 0.4) is 0 Å². The second kappa shape index (κ2) is 3.85. The van der Waals surface area contributed by atoms with Crippen molar-refractivity contribution >= 4 is 5.82 Å². The molecule has 0 aliphatic carbocycles. The Morgan fingerprint density at radius 1 is 1.20 bits per heavy atom. The Labute approximate surface area is 90.0 Å². The molecule has 2 aliphatic heterocycles. The minimum absolute atomic E-state index is 1.05. The molecular weight excluding hydrogens is 188 g/mol. The molecule has 4 heteroatoms. The number of rotatable bonds is 2. The van der Waals surface area contributed by atoms with Gasteiger partial charge in [-0.3, -0.25) is 10.00 Å². The van der Waals surface area contributed by atoms with Gasteiger partial charge >= 0.3 is 0 Å². The third kappa shape index (κ3) is 1.74. The lowest BCUT2D eigenvalue weighted by molar-refractivity contribution is 0.218. The monoisotopic (exact) mass is 206 g/mol. The molecule has 0 unspecified atom stereocenters. The molecule has 0 atom stereocenters. The minimum Gasteiger partial charge on any atom is -0.368 e. The number of piperidine rings is 1. The van der Waals surface area contributed by atoms with Gasteiger partial charge in [0.15, 0.2) is 5.82 Å². The largest absolute Gasteiger partial charge is 0.368 e.